The average molecular weight is 507 g/mol. The van der Waals surface area contributed by atoms with Gasteiger partial charge in [-0.1, -0.05) is 20.3 Å². The predicted molar refractivity (Wildman–Crippen MR) is 124 cm³/mol. The summed E-state index contributed by atoms with van der Waals surface area (Å²) in [6, 6.07) is 0.590. The van der Waals surface area contributed by atoms with E-state index in [1.54, 1.807) is 0 Å². The average Bonchev–Trinajstić information content (AvgIpc) is 3.48. The maximum absolute atomic E-state index is 12.3. The number of rotatable bonds is 9. The first kappa shape index (κ1) is 25.0. The number of guanidine groups is 1. The van der Waals surface area contributed by atoms with Crippen LogP contribution in [0.15, 0.2) is 4.99 Å². The molecule has 2 fully saturated rings. The summed E-state index contributed by atoms with van der Waals surface area (Å²) in [7, 11) is 2.01. The fourth-order valence-corrected chi connectivity index (χ4v) is 3.36. The zero-order valence-electron chi connectivity index (χ0n) is 17.7. The Bertz CT molecular complexity index is 529. The van der Waals surface area contributed by atoms with E-state index in [2.05, 4.69) is 23.7 Å². The lowest BCUT2D eigenvalue weighted by atomic mass is 10.1. The molecule has 7 nitrogen and oxygen atoms in total. The first-order chi connectivity index (χ1) is 12.9. The number of aliphatic imine (C=N–C) groups is 1. The maximum atomic E-state index is 12.3. The van der Waals surface area contributed by atoms with E-state index in [0.29, 0.717) is 56.9 Å². The lowest BCUT2D eigenvalue weighted by Crippen LogP contribution is -2.50. The molecular weight excluding hydrogens is 469 g/mol. The van der Waals surface area contributed by atoms with Crippen molar-refractivity contribution in [2.75, 3.05) is 39.8 Å². The minimum Gasteiger partial charge on any atom is -0.370 e. The van der Waals surface area contributed by atoms with Gasteiger partial charge in [-0.2, -0.15) is 0 Å². The lowest BCUT2D eigenvalue weighted by Gasteiger charge is -2.35. The first-order valence-corrected chi connectivity index (χ1v) is 10.5. The Kier molecular flexibility index (Phi) is 11.1. The molecule has 8 heteroatoms. The molecule has 2 rings (SSSR count). The Morgan fingerprint density at radius 3 is 2.14 bits per heavy atom. The second kappa shape index (κ2) is 12.5. The van der Waals surface area contributed by atoms with E-state index >= 15 is 0 Å². The van der Waals surface area contributed by atoms with E-state index in [-0.39, 0.29) is 35.8 Å². The summed E-state index contributed by atoms with van der Waals surface area (Å²) < 4.78 is 0. The van der Waals surface area contributed by atoms with Crippen LogP contribution in [0.4, 0.5) is 0 Å². The highest BCUT2D eigenvalue weighted by Crippen LogP contribution is 2.24. The second-order valence-corrected chi connectivity index (χ2v) is 8.25. The Labute approximate surface area is 187 Å². The number of amides is 2. The predicted octanol–water partition coefficient (Wildman–Crippen LogP) is 2.29. The summed E-state index contributed by atoms with van der Waals surface area (Å²) in [6.45, 7) is 7.51. The third kappa shape index (κ3) is 8.53. The highest BCUT2D eigenvalue weighted by molar-refractivity contribution is 14.0. The number of carbonyl (C=O) groups excluding carboxylic acids is 2. The number of unbranched alkanes of at least 4 members (excludes halogenated alkanes) is 2. The van der Waals surface area contributed by atoms with E-state index in [1.807, 2.05) is 16.8 Å². The number of halogens is 1. The molecule has 1 saturated heterocycles. The summed E-state index contributed by atoms with van der Waals surface area (Å²) in [5, 5.41) is 0. The topological polar surface area (TPSA) is 82.2 Å². The van der Waals surface area contributed by atoms with Gasteiger partial charge in [-0.25, -0.2) is 0 Å². The zero-order valence-corrected chi connectivity index (χ0v) is 20.1. The zero-order chi connectivity index (χ0) is 19.8. The fourth-order valence-electron chi connectivity index (χ4n) is 3.36. The molecular formula is C20H38IN5O2. The summed E-state index contributed by atoms with van der Waals surface area (Å²) in [5.74, 6) is 1.44. The second-order valence-electron chi connectivity index (χ2n) is 8.25. The maximum Gasteiger partial charge on any atom is 0.222 e. The van der Waals surface area contributed by atoms with Crippen molar-refractivity contribution in [2.24, 2.45) is 16.6 Å². The van der Waals surface area contributed by atoms with Gasteiger partial charge in [-0.3, -0.25) is 14.6 Å². The molecule has 0 spiro atoms. The third-order valence-corrected chi connectivity index (χ3v) is 5.35. The Hall–Kier alpha value is -1.06. The molecule has 0 bridgehead atoms. The molecule has 2 N–H and O–H groups in total. The van der Waals surface area contributed by atoms with Crippen molar-refractivity contribution in [3.05, 3.63) is 0 Å². The summed E-state index contributed by atoms with van der Waals surface area (Å²) in [4.78, 5) is 34.7. The summed E-state index contributed by atoms with van der Waals surface area (Å²) >= 11 is 0. The molecule has 1 aliphatic carbocycles. The number of hydrogen-bond donors (Lipinski definition) is 1. The molecule has 1 heterocycles. The van der Waals surface area contributed by atoms with Crippen LogP contribution in [0.25, 0.3) is 0 Å². The molecule has 2 amide bonds. The molecule has 1 aliphatic heterocycles. The van der Waals surface area contributed by atoms with Crippen LogP contribution in [0.1, 0.15) is 58.8 Å². The highest BCUT2D eigenvalue weighted by Gasteiger charge is 2.27. The molecule has 0 unspecified atom stereocenters. The number of nitrogens with two attached hydrogens (primary N) is 1. The quantitative estimate of drug-likeness (QED) is 0.225. The SMILES string of the molecule is CC(C)CC(=O)N1CCN(C(=O)CCCCCN=C(N)N(C)C2CC2)CC1.I. The minimum atomic E-state index is 0. The number of piperazine rings is 1. The van der Waals surface area contributed by atoms with Gasteiger partial charge < -0.3 is 20.4 Å². The van der Waals surface area contributed by atoms with Crippen molar-refractivity contribution < 1.29 is 9.59 Å². The van der Waals surface area contributed by atoms with Crippen LogP contribution in [-0.4, -0.2) is 78.3 Å². The molecule has 1 saturated carbocycles. The summed E-state index contributed by atoms with van der Waals surface area (Å²) in [6.07, 6.45) is 6.45. The molecule has 28 heavy (non-hydrogen) atoms. The fraction of sp³-hybridized carbons (Fsp3) is 0.850. The van der Waals surface area contributed by atoms with Crippen LogP contribution in [0, 0.1) is 5.92 Å². The molecule has 0 atom stereocenters. The number of nitrogens with zero attached hydrogens (tertiary/aromatic N) is 4. The van der Waals surface area contributed by atoms with Crippen molar-refractivity contribution in [2.45, 2.75) is 64.8 Å². The number of carbonyl (C=O) groups is 2. The molecule has 0 aromatic rings. The van der Waals surface area contributed by atoms with E-state index in [4.69, 9.17) is 5.73 Å². The van der Waals surface area contributed by atoms with Crippen molar-refractivity contribution in [1.82, 2.24) is 14.7 Å². The Morgan fingerprint density at radius 2 is 1.61 bits per heavy atom. The third-order valence-electron chi connectivity index (χ3n) is 5.35. The van der Waals surface area contributed by atoms with Crippen LogP contribution in [0.3, 0.4) is 0 Å². The first-order valence-electron chi connectivity index (χ1n) is 10.5. The normalized spacial score (nSPS) is 17.5. The smallest absolute Gasteiger partial charge is 0.222 e. The molecule has 0 aromatic carbocycles. The van der Waals surface area contributed by atoms with E-state index in [1.165, 1.54) is 12.8 Å². The monoisotopic (exact) mass is 507 g/mol. The molecule has 0 aromatic heterocycles. The highest BCUT2D eigenvalue weighted by atomic mass is 127. The minimum absolute atomic E-state index is 0. The van der Waals surface area contributed by atoms with Crippen LogP contribution >= 0.6 is 24.0 Å². The molecule has 0 radical (unpaired) electrons. The van der Waals surface area contributed by atoms with Gasteiger partial charge in [0.1, 0.15) is 0 Å². The van der Waals surface area contributed by atoms with E-state index in [0.717, 1.165) is 25.8 Å². The van der Waals surface area contributed by atoms with Gasteiger partial charge in [0.2, 0.25) is 11.8 Å². The van der Waals surface area contributed by atoms with Crippen LogP contribution in [-0.2, 0) is 9.59 Å². The van der Waals surface area contributed by atoms with Crippen LogP contribution < -0.4 is 5.73 Å². The largest absolute Gasteiger partial charge is 0.370 e. The van der Waals surface area contributed by atoms with Gasteiger partial charge in [0.05, 0.1) is 0 Å². The molecule has 2 aliphatic rings. The van der Waals surface area contributed by atoms with Crippen molar-refractivity contribution in [3.8, 4) is 0 Å². The Balaban J connectivity index is 0.00000392. The molecule has 162 valence electrons. The van der Waals surface area contributed by atoms with Crippen LogP contribution in [0.5, 0.6) is 0 Å². The van der Waals surface area contributed by atoms with Crippen LogP contribution in [0.2, 0.25) is 0 Å². The van der Waals surface area contributed by atoms with Crippen molar-refractivity contribution in [3.63, 3.8) is 0 Å². The van der Waals surface area contributed by atoms with Gasteiger partial charge >= 0.3 is 0 Å². The standard InChI is InChI=1S/C20H37N5O2.HI/c1-16(2)15-19(27)25-13-11-24(12-14-25)18(26)7-5-4-6-10-22-20(21)23(3)17-8-9-17;/h16-17H,4-15H2,1-3H3,(H2,21,22);1H. The van der Waals surface area contributed by atoms with Gasteiger partial charge in [0.15, 0.2) is 5.96 Å². The number of hydrogen-bond acceptors (Lipinski definition) is 3. The van der Waals surface area contributed by atoms with Gasteiger partial charge in [0.25, 0.3) is 0 Å². The van der Waals surface area contributed by atoms with Crippen molar-refractivity contribution >= 4 is 41.8 Å². The van der Waals surface area contributed by atoms with Gasteiger partial charge in [0, 0.05) is 58.7 Å². The summed E-state index contributed by atoms with van der Waals surface area (Å²) in [5.41, 5.74) is 5.96. The van der Waals surface area contributed by atoms with E-state index in [9.17, 15) is 9.59 Å². The van der Waals surface area contributed by atoms with E-state index < -0.39 is 0 Å². The Morgan fingerprint density at radius 1 is 1.04 bits per heavy atom. The lowest BCUT2D eigenvalue weighted by molar-refractivity contribution is -0.140. The van der Waals surface area contributed by atoms with Gasteiger partial charge in [-0.15, -0.1) is 24.0 Å². The van der Waals surface area contributed by atoms with Gasteiger partial charge in [-0.05, 0) is 31.6 Å². The van der Waals surface area contributed by atoms with Crippen molar-refractivity contribution in [1.29, 1.82) is 0 Å².